The summed E-state index contributed by atoms with van der Waals surface area (Å²) in [6.45, 7) is 4.44. The number of carbonyl (C=O) groups is 1. The summed E-state index contributed by atoms with van der Waals surface area (Å²) in [4.78, 5) is 10.8. The van der Waals surface area contributed by atoms with Crippen LogP contribution < -0.4 is 11.1 Å². The molecule has 0 aliphatic rings. The largest absolute Gasteiger partial charge is 0.351 e. The van der Waals surface area contributed by atoms with Crippen molar-refractivity contribution >= 4 is 11.7 Å². The van der Waals surface area contributed by atoms with E-state index in [1.165, 1.54) is 11.1 Å². The van der Waals surface area contributed by atoms with Crippen molar-refractivity contribution in [2.45, 2.75) is 25.7 Å². The number of nitrogens with one attached hydrogen (secondary N) is 1. The maximum absolute atomic E-state index is 10.8. The molecule has 20 heavy (non-hydrogen) atoms. The average molecular weight is 268 g/mol. The van der Waals surface area contributed by atoms with Gasteiger partial charge in [0, 0.05) is 5.69 Å². The average Bonchev–Trinajstić information content (AvgIpc) is 2.39. The Morgan fingerprint density at radius 3 is 2.20 bits per heavy atom. The predicted molar refractivity (Wildman–Crippen MR) is 82.8 cm³/mol. The highest BCUT2D eigenvalue weighted by atomic mass is 16.2. The van der Waals surface area contributed by atoms with E-state index in [4.69, 9.17) is 5.73 Å². The molecule has 0 saturated heterocycles. The third kappa shape index (κ3) is 3.60. The first-order chi connectivity index (χ1) is 9.47. The van der Waals surface area contributed by atoms with Crippen molar-refractivity contribution in [3.05, 3.63) is 65.7 Å². The van der Waals surface area contributed by atoms with Gasteiger partial charge >= 0.3 is 6.03 Å². The lowest BCUT2D eigenvalue weighted by Gasteiger charge is -2.25. The number of carbonyl (C=O) groups excluding carboxylic acids is 1. The van der Waals surface area contributed by atoms with Crippen LogP contribution in [0.25, 0.3) is 0 Å². The van der Waals surface area contributed by atoms with Crippen molar-refractivity contribution in [2.24, 2.45) is 5.73 Å². The fraction of sp³-hybridized carbons (Fsp3) is 0.235. The molecule has 0 saturated carbocycles. The molecular weight excluding hydrogens is 248 g/mol. The molecule has 3 heteroatoms. The molecule has 2 amide bonds. The van der Waals surface area contributed by atoms with Crippen LogP contribution in [0.1, 0.15) is 25.0 Å². The van der Waals surface area contributed by atoms with Crippen molar-refractivity contribution < 1.29 is 4.79 Å². The van der Waals surface area contributed by atoms with Crippen LogP contribution in [0, 0.1) is 0 Å². The predicted octanol–water partition coefficient (Wildman–Crippen LogP) is 3.70. The Kier molecular flexibility index (Phi) is 4.08. The van der Waals surface area contributed by atoms with Crippen LogP contribution in [0.5, 0.6) is 0 Å². The molecule has 0 unspecified atom stereocenters. The van der Waals surface area contributed by atoms with Gasteiger partial charge in [-0.15, -0.1) is 0 Å². The molecule has 0 aliphatic carbocycles. The Labute approximate surface area is 119 Å². The minimum Gasteiger partial charge on any atom is -0.351 e. The zero-order valence-electron chi connectivity index (χ0n) is 11.9. The lowest BCUT2D eigenvalue weighted by molar-refractivity contribution is 0.259. The molecule has 2 aromatic rings. The van der Waals surface area contributed by atoms with Crippen LogP contribution >= 0.6 is 0 Å². The van der Waals surface area contributed by atoms with Gasteiger partial charge in [-0.1, -0.05) is 56.3 Å². The highest BCUT2D eigenvalue weighted by molar-refractivity contribution is 5.87. The van der Waals surface area contributed by atoms with Crippen LogP contribution in [-0.4, -0.2) is 6.03 Å². The first-order valence-electron chi connectivity index (χ1n) is 6.68. The number of primary amides is 1. The summed E-state index contributed by atoms with van der Waals surface area (Å²) in [5, 5.41) is 2.57. The van der Waals surface area contributed by atoms with Crippen molar-refractivity contribution in [3.63, 3.8) is 0 Å². The molecule has 0 heterocycles. The standard InChI is InChI=1S/C17H20N2O/c1-17(2,12-13-6-4-3-5-7-13)14-8-10-15(11-9-14)19-16(18)20/h3-11H,12H2,1-2H3,(H3,18,19,20). The van der Waals surface area contributed by atoms with Gasteiger partial charge in [0.05, 0.1) is 0 Å². The van der Waals surface area contributed by atoms with E-state index >= 15 is 0 Å². The van der Waals surface area contributed by atoms with Gasteiger partial charge in [0.15, 0.2) is 0 Å². The third-order valence-electron chi connectivity index (χ3n) is 3.42. The maximum atomic E-state index is 10.8. The van der Waals surface area contributed by atoms with Crippen molar-refractivity contribution in [3.8, 4) is 0 Å². The molecule has 0 atom stereocenters. The van der Waals surface area contributed by atoms with E-state index in [-0.39, 0.29) is 5.41 Å². The number of amides is 2. The smallest absolute Gasteiger partial charge is 0.316 e. The van der Waals surface area contributed by atoms with Gasteiger partial charge in [0.2, 0.25) is 0 Å². The first-order valence-corrected chi connectivity index (χ1v) is 6.68. The molecule has 0 aliphatic heterocycles. The summed E-state index contributed by atoms with van der Waals surface area (Å²) in [7, 11) is 0. The van der Waals surface area contributed by atoms with Crippen LogP contribution in [0.15, 0.2) is 54.6 Å². The molecule has 0 spiro atoms. The van der Waals surface area contributed by atoms with Gasteiger partial charge in [-0.3, -0.25) is 0 Å². The van der Waals surface area contributed by atoms with Gasteiger partial charge in [-0.25, -0.2) is 4.79 Å². The Balaban J connectivity index is 2.15. The Morgan fingerprint density at radius 1 is 1.05 bits per heavy atom. The van der Waals surface area contributed by atoms with Crippen molar-refractivity contribution in [1.29, 1.82) is 0 Å². The van der Waals surface area contributed by atoms with E-state index in [2.05, 4.69) is 43.4 Å². The van der Waals surface area contributed by atoms with Gasteiger partial charge < -0.3 is 11.1 Å². The highest BCUT2D eigenvalue weighted by Gasteiger charge is 2.20. The van der Waals surface area contributed by atoms with Gasteiger partial charge in [0.1, 0.15) is 0 Å². The summed E-state index contributed by atoms with van der Waals surface area (Å²) in [6, 6.07) is 17.7. The molecule has 0 fully saturated rings. The lowest BCUT2D eigenvalue weighted by Crippen LogP contribution is -2.21. The molecular formula is C17H20N2O. The Bertz CT molecular complexity index is 574. The van der Waals surface area contributed by atoms with Crippen LogP contribution in [0.4, 0.5) is 10.5 Å². The summed E-state index contributed by atoms with van der Waals surface area (Å²) in [6.07, 6.45) is 0.969. The number of nitrogens with two attached hydrogens (primary N) is 1. The van der Waals surface area contributed by atoms with E-state index in [1.807, 2.05) is 30.3 Å². The number of urea groups is 1. The second-order valence-corrected chi connectivity index (χ2v) is 5.61. The fourth-order valence-corrected chi connectivity index (χ4v) is 2.36. The minimum absolute atomic E-state index is 0.0343. The molecule has 3 nitrogen and oxygen atoms in total. The molecule has 2 rings (SSSR count). The van der Waals surface area contributed by atoms with Crippen LogP contribution in [-0.2, 0) is 11.8 Å². The van der Waals surface area contributed by atoms with Crippen LogP contribution in [0.2, 0.25) is 0 Å². The van der Waals surface area contributed by atoms with E-state index < -0.39 is 6.03 Å². The zero-order chi connectivity index (χ0) is 14.6. The number of anilines is 1. The normalized spacial score (nSPS) is 11.1. The maximum Gasteiger partial charge on any atom is 0.316 e. The van der Waals surface area contributed by atoms with Crippen molar-refractivity contribution in [2.75, 3.05) is 5.32 Å². The number of rotatable bonds is 4. The molecule has 2 aromatic carbocycles. The quantitative estimate of drug-likeness (QED) is 0.872. The molecule has 104 valence electrons. The summed E-state index contributed by atoms with van der Waals surface area (Å²) in [5.74, 6) is 0. The number of hydrogen-bond acceptors (Lipinski definition) is 1. The van der Waals surface area contributed by atoms with Gasteiger partial charge in [-0.2, -0.15) is 0 Å². The van der Waals surface area contributed by atoms with E-state index in [0.29, 0.717) is 0 Å². The monoisotopic (exact) mass is 268 g/mol. The summed E-state index contributed by atoms with van der Waals surface area (Å²) >= 11 is 0. The Morgan fingerprint density at radius 2 is 1.65 bits per heavy atom. The van der Waals surface area contributed by atoms with Gasteiger partial charge in [0.25, 0.3) is 0 Å². The van der Waals surface area contributed by atoms with E-state index in [0.717, 1.165) is 12.1 Å². The molecule has 0 radical (unpaired) electrons. The molecule has 0 aromatic heterocycles. The topological polar surface area (TPSA) is 55.1 Å². The second-order valence-electron chi connectivity index (χ2n) is 5.61. The van der Waals surface area contributed by atoms with Gasteiger partial charge in [-0.05, 0) is 35.1 Å². The number of benzene rings is 2. The first kappa shape index (κ1) is 14.1. The molecule has 0 bridgehead atoms. The highest BCUT2D eigenvalue weighted by Crippen LogP contribution is 2.28. The van der Waals surface area contributed by atoms with E-state index in [9.17, 15) is 4.79 Å². The summed E-state index contributed by atoms with van der Waals surface area (Å²) in [5.41, 5.74) is 8.40. The van der Waals surface area contributed by atoms with E-state index in [1.54, 1.807) is 0 Å². The lowest BCUT2D eigenvalue weighted by atomic mass is 9.79. The molecule has 3 N–H and O–H groups in total. The van der Waals surface area contributed by atoms with Crippen molar-refractivity contribution in [1.82, 2.24) is 0 Å². The minimum atomic E-state index is -0.540. The SMILES string of the molecule is CC(C)(Cc1ccccc1)c1ccc(NC(N)=O)cc1. The zero-order valence-corrected chi connectivity index (χ0v) is 11.9. The number of hydrogen-bond donors (Lipinski definition) is 2. The fourth-order valence-electron chi connectivity index (χ4n) is 2.36. The second kappa shape index (κ2) is 5.78. The van der Waals surface area contributed by atoms with Crippen LogP contribution in [0.3, 0.4) is 0 Å². The summed E-state index contributed by atoms with van der Waals surface area (Å²) < 4.78 is 0. The Hall–Kier alpha value is -2.29. The third-order valence-corrected chi connectivity index (χ3v) is 3.42.